The average molecular weight is 864 g/mol. The van der Waals surface area contributed by atoms with E-state index >= 15 is 0 Å². The zero-order valence-corrected chi connectivity index (χ0v) is 35.9. The van der Waals surface area contributed by atoms with Gasteiger partial charge in [-0.2, -0.15) is 19.3 Å². The maximum atomic E-state index is 14.3. The number of nitrogens with zero attached hydrogens (tertiary/aromatic N) is 13. The molecule has 6 aromatic heterocycles. The number of aromatic nitrogens is 9. The molecule has 62 heavy (non-hydrogen) atoms. The average Bonchev–Trinajstić information content (AvgIpc) is 4.07. The summed E-state index contributed by atoms with van der Waals surface area (Å²) in [5.41, 5.74) is 5.58. The number of fused-ring (bicyclic) bond motifs is 3. The van der Waals surface area contributed by atoms with E-state index in [0.717, 1.165) is 94.4 Å². The summed E-state index contributed by atoms with van der Waals surface area (Å²) in [6, 6.07) is 27.9. The molecule has 18 heteroatoms. The molecule has 0 saturated carbocycles. The lowest BCUT2D eigenvalue weighted by molar-refractivity contribution is 0.312. The number of anilines is 8. The fourth-order valence-electron chi connectivity index (χ4n) is 7.49. The number of benzene rings is 3. The SMILES string of the molecule is CCN(CCc1ccccc1)c1nc(Nc2ncns2)c2cc(-c3nc4ccc(N(C)c5nc(Nc6ncc7ccc(F)cn67)cc(N6CCN(C)CC6)n5)cc4s3)ccc2n1. The van der Waals surface area contributed by atoms with Gasteiger partial charge in [-0.1, -0.05) is 30.3 Å². The van der Waals surface area contributed by atoms with Crippen molar-refractivity contribution in [3.63, 3.8) is 0 Å². The minimum absolute atomic E-state index is 0.356. The molecule has 15 nitrogen and oxygen atoms in total. The quantitative estimate of drug-likeness (QED) is 0.114. The van der Waals surface area contributed by atoms with Crippen LogP contribution in [0, 0.1) is 5.82 Å². The molecular weight excluding hydrogens is 822 g/mol. The maximum absolute atomic E-state index is 14.3. The van der Waals surface area contributed by atoms with E-state index in [4.69, 9.17) is 24.9 Å². The molecule has 312 valence electrons. The van der Waals surface area contributed by atoms with E-state index in [0.29, 0.717) is 34.6 Å². The van der Waals surface area contributed by atoms with Crippen LogP contribution in [0.5, 0.6) is 0 Å². The second kappa shape index (κ2) is 16.9. The van der Waals surface area contributed by atoms with Gasteiger partial charge in [-0.3, -0.25) is 4.40 Å². The van der Waals surface area contributed by atoms with E-state index in [1.807, 2.05) is 42.3 Å². The van der Waals surface area contributed by atoms with E-state index in [-0.39, 0.29) is 5.82 Å². The van der Waals surface area contributed by atoms with Crippen LogP contribution in [-0.2, 0) is 6.42 Å². The fourth-order valence-corrected chi connectivity index (χ4v) is 8.92. The Hall–Kier alpha value is -6.89. The third-order valence-corrected chi connectivity index (χ3v) is 12.7. The molecule has 0 bridgehead atoms. The summed E-state index contributed by atoms with van der Waals surface area (Å²) in [5, 5.41) is 9.13. The van der Waals surface area contributed by atoms with Crippen molar-refractivity contribution >= 4 is 95.6 Å². The summed E-state index contributed by atoms with van der Waals surface area (Å²) in [6.45, 7) is 7.17. The van der Waals surface area contributed by atoms with Gasteiger partial charge in [0.2, 0.25) is 23.0 Å². The van der Waals surface area contributed by atoms with Gasteiger partial charge in [0.15, 0.2) is 0 Å². The van der Waals surface area contributed by atoms with Crippen molar-refractivity contribution in [2.24, 2.45) is 0 Å². The first-order valence-corrected chi connectivity index (χ1v) is 21.9. The minimum atomic E-state index is -0.356. The summed E-state index contributed by atoms with van der Waals surface area (Å²) >= 11 is 2.89. The number of hydrogen-bond donors (Lipinski definition) is 2. The molecule has 1 aliphatic heterocycles. The molecule has 1 aliphatic rings. The van der Waals surface area contributed by atoms with E-state index in [9.17, 15) is 4.39 Å². The van der Waals surface area contributed by atoms with Crippen molar-refractivity contribution in [1.82, 2.24) is 48.6 Å². The third kappa shape index (κ3) is 8.14. The molecule has 10 rings (SSSR count). The molecule has 0 unspecified atom stereocenters. The van der Waals surface area contributed by atoms with Gasteiger partial charge in [-0.05, 0) is 74.5 Å². The lowest BCUT2D eigenvalue weighted by atomic mass is 10.1. The second-order valence-corrected chi connectivity index (χ2v) is 16.9. The Morgan fingerprint density at radius 3 is 2.50 bits per heavy atom. The first-order valence-electron chi connectivity index (χ1n) is 20.3. The van der Waals surface area contributed by atoms with Gasteiger partial charge in [0.25, 0.3) is 0 Å². The number of likely N-dealkylation sites (N-methyl/N-ethyl adjacent to an activating group) is 2. The highest BCUT2D eigenvalue weighted by Gasteiger charge is 2.21. The summed E-state index contributed by atoms with van der Waals surface area (Å²) in [7, 11) is 4.09. The molecule has 2 N–H and O–H groups in total. The number of rotatable bonds is 13. The van der Waals surface area contributed by atoms with Crippen LogP contribution < -0.4 is 25.3 Å². The number of imidazole rings is 1. The monoisotopic (exact) mass is 863 g/mol. The predicted octanol–water partition coefficient (Wildman–Crippen LogP) is 8.41. The van der Waals surface area contributed by atoms with Crippen LogP contribution in [0.4, 0.5) is 50.5 Å². The number of pyridine rings is 1. The smallest absolute Gasteiger partial charge is 0.233 e. The molecular formula is C44H42FN15S2. The van der Waals surface area contributed by atoms with Gasteiger partial charge in [-0.15, -0.1) is 11.3 Å². The lowest BCUT2D eigenvalue weighted by Gasteiger charge is -2.33. The Balaban J connectivity index is 0.960. The molecule has 0 atom stereocenters. The molecule has 9 aromatic rings. The van der Waals surface area contributed by atoms with Gasteiger partial charge in [-0.25, -0.2) is 24.3 Å². The molecule has 0 aliphatic carbocycles. The highest BCUT2D eigenvalue weighted by atomic mass is 32.1. The molecule has 7 heterocycles. The van der Waals surface area contributed by atoms with Crippen molar-refractivity contribution < 1.29 is 4.39 Å². The fraction of sp³-hybridized carbons (Fsp3) is 0.227. The van der Waals surface area contributed by atoms with Crippen LogP contribution >= 0.6 is 22.9 Å². The minimum Gasteiger partial charge on any atom is -0.354 e. The lowest BCUT2D eigenvalue weighted by Crippen LogP contribution is -2.45. The Labute approximate surface area is 364 Å². The zero-order chi connectivity index (χ0) is 42.2. The first kappa shape index (κ1) is 39.3. The van der Waals surface area contributed by atoms with E-state index < -0.39 is 0 Å². The summed E-state index contributed by atoms with van der Waals surface area (Å²) in [5.74, 6) is 3.27. The van der Waals surface area contributed by atoms with Gasteiger partial charge < -0.3 is 30.2 Å². The van der Waals surface area contributed by atoms with Crippen LogP contribution in [-0.4, -0.2) is 102 Å². The summed E-state index contributed by atoms with van der Waals surface area (Å²) < 4.78 is 21.1. The van der Waals surface area contributed by atoms with Crippen molar-refractivity contribution in [2.45, 2.75) is 13.3 Å². The van der Waals surface area contributed by atoms with Crippen LogP contribution in [0.15, 0.2) is 104 Å². The maximum Gasteiger partial charge on any atom is 0.233 e. The van der Waals surface area contributed by atoms with Crippen molar-refractivity contribution in [1.29, 1.82) is 0 Å². The van der Waals surface area contributed by atoms with Crippen LogP contribution in [0.1, 0.15) is 12.5 Å². The Morgan fingerprint density at radius 2 is 1.68 bits per heavy atom. The normalized spacial score (nSPS) is 13.3. The number of nitrogens with one attached hydrogen (secondary N) is 2. The van der Waals surface area contributed by atoms with Crippen LogP contribution in [0.25, 0.3) is 37.2 Å². The standard InChI is InChI=1S/C44H42FN15S2/c1-4-58(17-16-28-8-6-5-7-9-28)43-50-34-14-10-29(22-33(34)39(54-43)55-44-47-27-48-62-44)40-49-35-15-13-31(23-36(35)61-40)57(3)42-52-37(24-38(53-42)59-20-18-56(2)19-21-59)51-41-46-25-32-12-11-30(45)26-60(32)41/h5-15,22-27H,4,16-21H2,1-3H3,(H,46,51,52,53)(H,47,48,50,54,55). The van der Waals surface area contributed by atoms with Crippen LogP contribution in [0.3, 0.4) is 0 Å². The zero-order valence-electron chi connectivity index (χ0n) is 34.3. The number of piperazine rings is 1. The van der Waals surface area contributed by atoms with E-state index in [2.05, 4.69) is 96.1 Å². The van der Waals surface area contributed by atoms with Gasteiger partial charge in [0, 0.05) is 86.7 Å². The van der Waals surface area contributed by atoms with Gasteiger partial charge >= 0.3 is 0 Å². The van der Waals surface area contributed by atoms with Crippen molar-refractivity contribution in [3.05, 3.63) is 115 Å². The largest absolute Gasteiger partial charge is 0.354 e. The first-order chi connectivity index (χ1) is 30.3. The second-order valence-electron chi connectivity index (χ2n) is 15.1. The van der Waals surface area contributed by atoms with Crippen molar-refractivity contribution in [3.8, 4) is 10.6 Å². The molecule has 3 aromatic carbocycles. The van der Waals surface area contributed by atoms with Crippen molar-refractivity contribution in [2.75, 3.05) is 78.7 Å². The Bertz CT molecular complexity index is 3000. The summed E-state index contributed by atoms with van der Waals surface area (Å²) in [6.07, 6.45) is 5.52. The Kier molecular flexibility index (Phi) is 10.7. The Morgan fingerprint density at radius 1 is 0.823 bits per heavy atom. The van der Waals surface area contributed by atoms with Crippen LogP contribution in [0.2, 0.25) is 0 Å². The predicted molar refractivity (Wildman–Crippen MR) is 248 cm³/mol. The van der Waals surface area contributed by atoms with E-state index in [1.54, 1.807) is 28.0 Å². The number of thiazole rings is 1. The third-order valence-electron chi connectivity index (χ3n) is 11.0. The number of halogens is 1. The molecule has 0 spiro atoms. The van der Waals surface area contributed by atoms with Gasteiger partial charge in [0.1, 0.15) is 34.6 Å². The molecule has 0 amide bonds. The molecule has 0 radical (unpaired) electrons. The molecule has 1 fully saturated rings. The molecule has 1 saturated heterocycles. The number of hydrogen-bond acceptors (Lipinski definition) is 16. The topological polar surface area (TPSA) is 145 Å². The van der Waals surface area contributed by atoms with E-state index in [1.165, 1.54) is 35.7 Å². The van der Waals surface area contributed by atoms with Gasteiger partial charge in [0.05, 0.1) is 27.4 Å². The summed E-state index contributed by atoms with van der Waals surface area (Å²) in [4.78, 5) is 42.8. The highest BCUT2D eigenvalue weighted by molar-refractivity contribution is 7.21. The highest BCUT2D eigenvalue weighted by Crippen LogP contribution is 2.37.